The van der Waals surface area contributed by atoms with Crippen molar-refractivity contribution in [1.82, 2.24) is 0 Å². The van der Waals surface area contributed by atoms with E-state index in [0.717, 1.165) is 0 Å². The molecule has 2 atom stereocenters. The van der Waals surface area contributed by atoms with E-state index >= 15 is 0 Å². The highest BCUT2D eigenvalue weighted by Gasteiger charge is 2.30. The van der Waals surface area contributed by atoms with Gasteiger partial charge in [0.15, 0.2) is 0 Å². The van der Waals surface area contributed by atoms with Gasteiger partial charge in [0.25, 0.3) is 0 Å². The molecule has 1 aliphatic heterocycles. The van der Waals surface area contributed by atoms with Crippen LogP contribution in [0.3, 0.4) is 0 Å². The number of esters is 1. The van der Waals surface area contributed by atoms with Crippen molar-refractivity contribution < 1.29 is 19.7 Å². The van der Waals surface area contributed by atoms with E-state index in [4.69, 9.17) is 4.74 Å². The number of aliphatic hydroxyl groups is 2. The van der Waals surface area contributed by atoms with Crippen LogP contribution in [0.15, 0.2) is 36.4 Å². The maximum Gasteiger partial charge on any atom is 0.338 e. The lowest BCUT2D eigenvalue weighted by Crippen LogP contribution is -2.35. The van der Waals surface area contributed by atoms with Crippen molar-refractivity contribution in [2.24, 2.45) is 0 Å². The number of anilines is 1. The molecule has 2 unspecified atom stereocenters. The smallest absolute Gasteiger partial charge is 0.338 e. The van der Waals surface area contributed by atoms with Crippen molar-refractivity contribution >= 4 is 11.7 Å². The molecule has 0 aliphatic carbocycles. The Morgan fingerprint density at radius 1 is 1.26 bits per heavy atom. The van der Waals surface area contributed by atoms with Gasteiger partial charge in [-0.3, -0.25) is 0 Å². The zero-order valence-electron chi connectivity index (χ0n) is 10.7. The fourth-order valence-electron chi connectivity index (χ4n) is 2.00. The highest BCUT2D eigenvalue weighted by atomic mass is 16.5. The molecule has 0 saturated carbocycles. The van der Waals surface area contributed by atoms with Crippen LogP contribution in [0.2, 0.25) is 0 Å². The molecule has 1 aromatic carbocycles. The number of hydrogen-bond donors (Lipinski definition) is 2. The van der Waals surface area contributed by atoms with Crippen LogP contribution in [0.25, 0.3) is 0 Å². The largest absolute Gasteiger partial charge is 0.423 e. The number of carbonyl (C=O) groups is 1. The summed E-state index contributed by atoms with van der Waals surface area (Å²) in [5.74, 6) is -0.0751. The topological polar surface area (TPSA) is 70.0 Å². The van der Waals surface area contributed by atoms with E-state index in [-0.39, 0.29) is 0 Å². The second kappa shape index (κ2) is 5.42. The van der Waals surface area contributed by atoms with Crippen molar-refractivity contribution in [3.8, 4) is 5.75 Å². The first-order chi connectivity index (χ1) is 8.99. The summed E-state index contributed by atoms with van der Waals surface area (Å²) in [6.45, 7) is 5.08. The number of carbonyl (C=O) groups excluding carboxylic acids is 1. The molecule has 1 saturated heterocycles. The third kappa shape index (κ3) is 2.94. The Hall–Kier alpha value is -1.85. The molecule has 5 nitrogen and oxygen atoms in total. The quantitative estimate of drug-likeness (QED) is 0.490. The van der Waals surface area contributed by atoms with Gasteiger partial charge in [0.05, 0.1) is 0 Å². The molecule has 1 fully saturated rings. The van der Waals surface area contributed by atoms with Crippen molar-refractivity contribution in [2.45, 2.75) is 32.2 Å². The average Bonchev–Trinajstić information content (AvgIpc) is 2.70. The van der Waals surface area contributed by atoms with E-state index in [9.17, 15) is 15.0 Å². The maximum atomic E-state index is 11.3. The van der Waals surface area contributed by atoms with Crippen molar-refractivity contribution in [1.29, 1.82) is 0 Å². The second-order valence-corrected chi connectivity index (χ2v) is 4.61. The van der Waals surface area contributed by atoms with E-state index in [1.807, 2.05) is 0 Å². The SMILES string of the molecule is C=C(C)C(=O)Oc1ccc(N2C(O)CCC2O)cc1. The Kier molecular flexibility index (Phi) is 3.87. The molecule has 0 spiro atoms. The van der Waals surface area contributed by atoms with Crippen molar-refractivity contribution in [3.05, 3.63) is 36.4 Å². The van der Waals surface area contributed by atoms with Crippen LogP contribution in [0.4, 0.5) is 5.69 Å². The van der Waals surface area contributed by atoms with Gasteiger partial charge in [-0.15, -0.1) is 0 Å². The highest BCUT2D eigenvalue weighted by molar-refractivity contribution is 5.88. The normalized spacial score (nSPS) is 22.4. The first-order valence-corrected chi connectivity index (χ1v) is 6.11. The summed E-state index contributed by atoms with van der Waals surface area (Å²) in [7, 11) is 0. The molecule has 0 aromatic heterocycles. The minimum Gasteiger partial charge on any atom is -0.423 e. The van der Waals surface area contributed by atoms with Gasteiger partial charge in [0, 0.05) is 11.3 Å². The molecule has 2 N–H and O–H groups in total. The van der Waals surface area contributed by atoms with Gasteiger partial charge in [-0.2, -0.15) is 0 Å². The molecule has 1 aromatic rings. The van der Waals surface area contributed by atoms with Crippen LogP contribution < -0.4 is 9.64 Å². The molecule has 1 aliphatic rings. The number of hydrogen-bond acceptors (Lipinski definition) is 5. The molecule has 0 radical (unpaired) electrons. The number of rotatable bonds is 3. The lowest BCUT2D eigenvalue weighted by molar-refractivity contribution is -0.130. The van der Waals surface area contributed by atoms with Crippen LogP contribution >= 0.6 is 0 Å². The van der Waals surface area contributed by atoms with E-state index in [2.05, 4.69) is 6.58 Å². The van der Waals surface area contributed by atoms with Crippen LogP contribution in [-0.4, -0.2) is 28.6 Å². The Balaban J connectivity index is 2.10. The minimum atomic E-state index is -0.682. The first-order valence-electron chi connectivity index (χ1n) is 6.11. The zero-order chi connectivity index (χ0) is 14.0. The van der Waals surface area contributed by atoms with Crippen LogP contribution in [0.5, 0.6) is 5.75 Å². The first kappa shape index (κ1) is 13.6. The fourth-order valence-corrected chi connectivity index (χ4v) is 2.00. The average molecular weight is 263 g/mol. The molecule has 0 amide bonds. The molecular weight excluding hydrogens is 246 g/mol. The standard InChI is InChI=1S/C14H17NO4/c1-9(2)14(18)19-11-5-3-10(4-6-11)15-12(16)7-8-13(15)17/h3-6,12-13,16-17H,1,7-8H2,2H3. The van der Waals surface area contributed by atoms with Crippen LogP contribution in [0, 0.1) is 0 Å². The molecule has 0 bridgehead atoms. The number of nitrogens with zero attached hydrogens (tertiary/aromatic N) is 1. The number of ether oxygens (including phenoxy) is 1. The Morgan fingerprint density at radius 3 is 2.26 bits per heavy atom. The van der Waals surface area contributed by atoms with Crippen LogP contribution in [0.1, 0.15) is 19.8 Å². The molecule has 2 rings (SSSR count). The Bertz CT molecular complexity index is 473. The van der Waals surface area contributed by atoms with Gasteiger partial charge in [-0.25, -0.2) is 4.79 Å². The monoisotopic (exact) mass is 263 g/mol. The summed E-state index contributed by atoms with van der Waals surface area (Å²) in [5, 5.41) is 19.5. The fraction of sp³-hybridized carbons (Fsp3) is 0.357. The van der Waals surface area contributed by atoms with Crippen molar-refractivity contribution in [3.63, 3.8) is 0 Å². The summed E-state index contributed by atoms with van der Waals surface area (Å²) in [4.78, 5) is 12.9. The van der Waals surface area contributed by atoms with Gasteiger partial charge >= 0.3 is 5.97 Å². The maximum absolute atomic E-state index is 11.3. The summed E-state index contributed by atoms with van der Waals surface area (Å²) in [6, 6.07) is 6.62. The third-order valence-electron chi connectivity index (χ3n) is 3.02. The summed E-state index contributed by atoms with van der Waals surface area (Å²) in [5.41, 5.74) is 1.02. The van der Waals surface area contributed by atoms with Gasteiger partial charge in [-0.1, -0.05) is 6.58 Å². The lowest BCUT2D eigenvalue weighted by atomic mass is 10.2. The van der Waals surface area contributed by atoms with E-state index in [1.54, 1.807) is 31.2 Å². The Labute approximate surface area is 111 Å². The number of benzene rings is 1. The van der Waals surface area contributed by atoms with E-state index in [0.29, 0.717) is 29.9 Å². The second-order valence-electron chi connectivity index (χ2n) is 4.61. The van der Waals surface area contributed by atoms with Crippen molar-refractivity contribution in [2.75, 3.05) is 4.90 Å². The predicted molar refractivity (Wildman–Crippen MR) is 70.6 cm³/mol. The third-order valence-corrected chi connectivity index (χ3v) is 3.02. The summed E-state index contributed by atoms with van der Waals surface area (Å²) < 4.78 is 5.07. The molecule has 102 valence electrons. The highest BCUT2D eigenvalue weighted by Crippen LogP contribution is 2.29. The van der Waals surface area contributed by atoms with Gasteiger partial charge in [-0.05, 0) is 44.0 Å². The Morgan fingerprint density at radius 2 is 1.79 bits per heavy atom. The van der Waals surface area contributed by atoms with Gasteiger partial charge < -0.3 is 19.8 Å². The summed E-state index contributed by atoms with van der Waals surface area (Å²) in [6.07, 6.45) is -0.293. The molecular formula is C14H17NO4. The molecule has 1 heterocycles. The van der Waals surface area contributed by atoms with Crippen LogP contribution in [-0.2, 0) is 4.79 Å². The van der Waals surface area contributed by atoms with E-state index in [1.165, 1.54) is 4.90 Å². The van der Waals surface area contributed by atoms with Gasteiger partial charge in [0.1, 0.15) is 18.2 Å². The predicted octanol–water partition coefficient (Wildman–Crippen LogP) is 1.41. The summed E-state index contributed by atoms with van der Waals surface area (Å²) >= 11 is 0. The van der Waals surface area contributed by atoms with E-state index < -0.39 is 18.4 Å². The molecule has 5 heteroatoms. The van der Waals surface area contributed by atoms with Gasteiger partial charge in [0.2, 0.25) is 0 Å². The lowest BCUT2D eigenvalue weighted by Gasteiger charge is -2.26. The number of aliphatic hydroxyl groups excluding tert-OH is 2. The molecule has 19 heavy (non-hydrogen) atoms. The zero-order valence-corrected chi connectivity index (χ0v) is 10.7. The minimum absolute atomic E-state index is 0.328.